The Morgan fingerprint density at radius 2 is 1.95 bits per heavy atom. The Hall–Kier alpha value is -1.58. The molecule has 0 spiro atoms. The first-order valence-electron chi connectivity index (χ1n) is 6.40. The molecule has 1 atom stereocenters. The number of rotatable bonds is 4. The van der Waals surface area contributed by atoms with Gasteiger partial charge in [0.05, 0.1) is 0 Å². The first kappa shape index (κ1) is 14.8. The molecule has 2 aromatic rings. The van der Waals surface area contributed by atoms with Crippen molar-refractivity contribution in [3.8, 4) is 0 Å². The molecule has 0 aliphatic heterocycles. The number of nitrogens with one attached hydrogen (secondary N) is 1. The Morgan fingerprint density at radius 3 is 2.60 bits per heavy atom. The summed E-state index contributed by atoms with van der Waals surface area (Å²) in [5.41, 5.74) is 9.88. The number of thiocarbonyl (C=S) groups is 1. The third-order valence-corrected chi connectivity index (χ3v) is 3.70. The van der Waals surface area contributed by atoms with Gasteiger partial charge in [-0.3, -0.25) is 0 Å². The normalized spacial score (nSPS) is 11.9. The third-order valence-electron chi connectivity index (χ3n) is 3.25. The van der Waals surface area contributed by atoms with Crippen LogP contribution in [0.4, 0.5) is 5.69 Å². The molecule has 0 aromatic heterocycles. The molecule has 1 unspecified atom stereocenters. The minimum Gasteiger partial charge on any atom is -0.389 e. The Morgan fingerprint density at radius 1 is 1.25 bits per heavy atom. The largest absolute Gasteiger partial charge is 0.389 e. The molecule has 2 aromatic carbocycles. The van der Waals surface area contributed by atoms with Gasteiger partial charge in [0.1, 0.15) is 4.99 Å². The second-order valence-corrected chi connectivity index (χ2v) is 5.66. The lowest BCUT2D eigenvalue weighted by molar-refractivity contribution is 0.882. The molecule has 2 rings (SSSR count). The smallest absolute Gasteiger partial charge is 0.106 e. The van der Waals surface area contributed by atoms with Crippen molar-refractivity contribution in [2.24, 2.45) is 5.73 Å². The highest BCUT2D eigenvalue weighted by molar-refractivity contribution is 7.80. The first-order valence-corrected chi connectivity index (χ1v) is 7.19. The van der Waals surface area contributed by atoms with Crippen molar-refractivity contribution >= 4 is 34.5 Å². The van der Waals surface area contributed by atoms with Crippen LogP contribution >= 0.6 is 23.8 Å². The summed E-state index contributed by atoms with van der Waals surface area (Å²) in [5, 5.41) is 4.21. The molecule has 20 heavy (non-hydrogen) atoms. The van der Waals surface area contributed by atoms with Gasteiger partial charge in [-0.2, -0.15) is 0 Å². The van der Waals surface area contributed by atoms with Gasteiger partial charge in [-0.1, -0.05) is 48.1 Å². The van der Waals surface area contributed by atoms with Crippen LogP contribution in [0.5, 0.6) is 0 Å². The van der Waals surface area contributed by atoms with Crippen molar-refractivity contribution in [3.05, 3.63) is 64.2 Å². The van der Waals surface area contributed by atoms with E-state index in [1.54, 1.807) is 0 Å². The molecule has 0 amide bonds. The van der Waals surface area contributed by atoms with Crippen LogP contribution in [0.25, 0.3) is 0 Å². The summed E-state index contributed by atoms with van der Waals surface area (Å²) in [6, 6.07) is 13.9. The van der Waals surface area contributed by atoms with E-state index in [9.17, 15) is 0 Å². The third kappa shape index (κ3) is 3.30. The Bertz CT molecular complexity index is 640. The van der Waals surface area contributed by atoms with Gasteiger partial charge in [0.2, 0.25) is 0 Å². The van der Waals surface area contributed by atoms with E-state index in [0.717, 1.165) is 27.4 Å². The average Bonchev–Trinajstić information content (AvgIpc) is 2.40. The lowest BCUT2D eigenvalue weighted by atomic mass is 10.0. The SMILES string of the molecule is Cc1cccc(C(N)=S)c1NC(C)c1cccc(Cl)c1. The Balaban J connectivity index is 2.32. The van der Waals surface area contributed by atoms with Gasteiger partial charge in [0.25, 0.3) is 0 Å². The molecule has 3 N–H and O–H groups in total. The van der Waals surface area contributed by atoms with Crippen LogP contribution in [-0.4, -0.2) is 4.99 Å². The number of nitrogens with two attached hydrogens (primary N) is 1. The molecular weight excluding hydrogens is 288 g/mol. The zero-order valence-electron chi connectivity index (χ0n) is 11.5. The molecule has 0 saturated carbocycles. The maximum absolute atomic E-state index is 6.04. The van der Waals surface area contributed by atoms with E-state index in [1.165, 1.54) is 0 Å². The summed E-state index contributed by atoms with van der Waals surface area (Å²) >= 11 is 11.2. The zero-order valence-corrected chi connectivity index (χ0v) is 13.1. The summed E-state index contributed by atoms with van der Waals surface area (Å²) in [7, 11) is 0. The minimum atomic E-state index is 0.114. The van der Waals surface area contributed by atoms with Crippen molar-refractivity contribution in [3.63, 3.8) is 0 Å². The predicted octanol–water partition coefficient (Wildman–Crippen LogP) is 4.46. The Labute approximate surface area is 130 Å². The highest BCUT2D eigenvalue weighted by Gasteiger charge is 2.12. The number of anilines is 1. The Kier molecular flexibility index (Phi) is 4.63. The molecule has 0 aliphatic carbocycles. The van der Waals surface area contributed by atoms with Crippen LogP contribution in [0.2, 0.25) is 5.02 Å². The van der Waals surface area contributed by atoms with E-state index in [1.807, 2.05) is 49.4 Å². The lowest BCUT2D eigenvalue weighted by Crippen LogP contribution is -2.16. The van der Waals surface area contributed by atoms with Crippen molar-refractivity contribution in [1.29, 1.82) is 0 Å². The molecular formula is C16H17ClN2S. The average molecular weight is 305 g/mol. The maximum atomic E-state index is 6.04. The van der Waals surface area contributed by atoms with E-state index in [0.29, 0.717) is 4.99 Å². The highest BCUT2D eigenvalue weighted by atomic mass is 35.5. The van der Waals surface area contributed by atoms with Gasteiger partial charge in [-0.15, -0.1) is 0 Å². The summed E-state index contributed by atoms with van der Waals surface area (Å²) in [6.07, 6.45) is 0. The number of halogens is 1. The van der Waals surface area contributed by atoms with E-state index in [-0.39, 0.29) is 6.04 Å². The van der Waals surface area contributed by atoms with E-state index in [2.05, 4.69) is 12.2 Å². The highest BCUT2D eigenvalue weighted by Crippen LogP contribution is 2.27. The van der Waals surface area contributed by atoms with Gasteiger partial charge in [0, 0.05) is 22.3 Å². The molecule has 104 valence electrons. The van der Waals surface area contributed by atoms with Crippen LogP contribution in [0.1, 0.15) is 29.7 Å². The number of aryl methyl sites for hydroxylation is 1. The minimum absolute atomic E-state index is 0.114. The second-order valence-electron chi connectivity index (χ2n) is 4.78. The summed E-state index contributed by atoms with van der Waals surface area (Å²) in [4.78, 5) is 0.398. The number of para-hydroxylation sites is 1. The van der Waals surface area contributed by atoms with Gasteiger partial charge in [-0.05, 0) is 43.2 Å². The fourth-order valence-electron chi connectivity index (χ4n) is 2.14. The van der Waals surface area contributed by atoms with Gasteiger partial charge < -0.3 is 11.1 Å². The molecule has 2 nitrogen and oxygen atoms in total. The van der Waals surface area contributed by atoms with Crippen molar-refractivity contribution in [2.75, 3.05) is 5.32 Å². The molecule has 0 aliphatic rings. The first-order chi connectivity index (χ1) is 9.49. The number of benzene rings is 2. The van der Waals surface area contributed by atoms with Crippen molar-refractivity contribution in [1.82, 2.24) is 0 Å². The van der Waals surface area contributed by atoms with E-state index < -0.39 is 0 Å². The topological polar surface area (TPSA) is 38.0 Å². The number of hydrogen-bond acceptors (Lipinski definition) is 2. The fourth-order valence-corrected chi connectivity index (χ4v) is 2.51. The van der Waals surface area contributed by atoms with Crippen LogP contribution < -0.4 is 11.1 Å². The zero-order chi connectivity index (χ0) is 14.7. The standard InChI is InChI=1S/C16H17ClN2S/c1-10-5-3-8-14(16(18)20)15(10)19-11(2)12-6-4-7-13(17)9-12/h3-9,11,19H,1-2H3,(H2,18,20). The van der Waals surface area contributed by atoms with Crippen molar-refractivity contribution in [2.45, 2.75) is 19.9 Å². The maximum Gasteiger partial charge on any atom is 0.106 e. The summed E-state index contributed by atoms with van der Waals surface area (Å²) < 4.78 is 0. The van der Waals surface area contributed by atoms with Gasteiger partial charge in [0.15, 0.2) is 0 Å². The fraction of sp³-hybridized carbons (Fsp3) is 0.188. The molecule has 4 heteroatoms. The molecule has 0 saturated heterocycles. The predicted molar refractivity (Wildman–Crippen MR) is 90.6 cm³/mol. The second kappa shape index (κ2) is 6.25. The molecule has 0 heterocycles. The summed E-state index contributed by atoms with van der Waals surface area (Å²) in [5.74, 6) is 0. The van der Waals surface area contributed by atoms with E-state index in [4.69, 9.17) is 29.6 Å². The monoisotopic (exact) mass is 304 g/mol. The van der Waals surface area contributed by atoms with Crippen LogP contribution in [-0.2, 0) is 0 Å². The lowest BCUT2D eigenvalue weighted by Gasteiger charge is -2.20. The van der Waals surface area contributed by atoms with Crippen LogP contribution in [0, 0.1) is 6.92 Å². The summed E-state index contributed by atoms with van der Waals surface area (Å²) in [6.45, 7) is 4.12. The molecule has 0 fully saturated rings. The molecule has 0 radical (unpaired) electrons. The van der Waals surface area contributed by atoms with Gasteiger partial charge in [-0.25, -0.2) is 0 Å². The number of hydrogen-bond donors (Lipinski definition) is 2. The van der Waals surface area contributed by atoms with Gasteiger partial charge >= 0.3 is 0 Å². The van der Waals surface area contributed by atoms with Crippen LogP contribution in [0.3, 0.4) is 0 Å². The quantitative estimate of drug-likeness (QED) is 0.819. The van der Waals surface area contributed by atoms with E-state index >= 15 is 0 Å². The van der Waals surface area contributed by atoms with Crippen molar-refractivity contribution < 1.29 is 0 Å². The van der Waals surface area contributed by atoms with Crippen LogP contribution in [0.15, 0.2) is 42.5 Å². The molecule has 0 bridgehead atoms.